The van der Waals surface area contributed by atoms with Crippen LogP contribution in [0.3, 0.4) is 0 Å². The second kappa shape index (κ2) is 7.83. The van der Waals surface area contributed by atoms with E-state index in [2.05, 4.69) is 0 Å². The smallest absolute Gasteiger partial charge is 0.269 e. The second-order valence-corrected chi connectivity index (χ2v) is 8.87. The number of rotatable bonds is 6. The van der Waals surface area contributed by atoms with Gasteiger partial charge >= 0.3 is 0 Å². The van der Waals surface area contributed by atoms with Gasteiger partial charge in [-0.25, -0.2) is 0 Å². The molecule has 28 heavy (non-hydrogen) atoms. The lowest BCUT2D eigenvalue weighted by Gasteiger charge is -2.12. The minimum Gasteiger partial charge on any atom is -0.457 e. The molecule has 146 valence electrons. The molecule has 1 fully saturated rings. The fourth-order valence-electron chi connectivity index (χ4n) is 2.36. The molecule has 0 aliphatic carbocycles. The third-order valence-corrected chi connectivity index (χ3v) is 5.79. The maximum atomic E-state index is 12.4. The highest BCUT2D eigenvalue weighted by Crippen LogP contribution is 2.33. The Morgan fingerprint density at radius 3 is 2.54 bits per heavy atom. The Kier molecular flexibility index (Phi) is 5.65. The van der Waals surface area contributed by atoms with Crippen molar-refractivity contribution in [1.29, 1.82) is 0 Å². The van der Waals surface area contributed by atoms with Gasteiger partial charge in [0.15, 0.2) is 0 Å². The molecule has 0 radical (unpaired) electrons. The van der Waals surface area contributed by atoms with Crippen LogP contribution in [-0.4, -0.2) is 45.3 Å². The summed E-state index contributed by atoms with van der Waals surface area (Å²) >= 11 is 6.07. The van der Waals surface area contributed by atoms with Crippen LogP contribution in [0, 0.1) is 10.1 Å². The highest BCUT2D eigenvalue weighted by atomic mass is 32.2. The van der Waals surface area contributed by atoms with E-state index in [9.17, 15) is 23.3 Å². The SMILES string of the molecule is O=C1C(=Cc2ccc(-c3ccc([N+](=O)[O-])cc3)o2)SC(=S)N1CCS(=O)(=O)O. The van der Waals surface area contributed by atoms with E-state index in [4.69, 9.17) is 21.2 Å². The van der Waals surface area contributed by atoms with Gasteiger partial charge in [-0.1, -0.05) is 24.0 Å². The van der Waals surface area contributed by atoms with Crippen LogP contribution >= 0.6 is 24.0 Å². The van der Waals surface area contributed by atoms with Crippen LogP contribution in [0.2, 0.25) is 0 Å². The Labute approximate surface area is 168 Å². The summed E-state index contributed by atoms with van der Waals surface area (Å²) < 4.78 is 36.4. The minimum atomic E-state index is -4.21. The summed E-state index contributed by atoms with van der Waals surface area (Å²) in [7, 11) is -4.21. The number of nitro benzene ring substituents is 1. The Morgan fingerprint density at radius 1 is 1.25 bits per heavy atom. The summed E-state index contributed by atoms with van der Waals surface area (Å²) in [5.41, 5.74) is 0.593. The zero-order valence-electron chi connectivity index (χ0n) is 14.0. The van der Waals surface area contributed by atoms with Crippen molar-refractivity contribution >= 4 is 56.1 Å². The standard InChI is InChI=1S/C16H12N2O7S3/c19-15-14(27-16(26)17(15)7-8-28(22,23)24)9-12-5-6-13(25-12)10-1-3-11(4-2-10)18(20)21/h1-6,9H,7-8H2,(H,22,23,24). The zero-order chi connectivity index (χ0) is 20.5. The highest BCUT2D eigenvalue weighted by Gasteiger charge is 2.32. The zero-order valence-corrected chi connectivity index (χ0v) is 16.4. The number of thioether (sulfide) groups is 1. The highest BCUT2D eigenvalue weighted by molar-refractivity contribution is 8.26. The molecule has 0 bridgehead atoms. The lowest BCUT2D eigenvalue weighted by Crippen LogP contribution is -2.32. The summed E-state index contributed by atoms with van der Waals surface area (Å²) in [6.45, 7) is -0.243. The van der Waals surface area contributed by atoms with Gasteiger partial charge in [-0.05, 0) is 24.3 Å². The molecule has 0 atom stereocenters. The molecule has 0 spiro atoms. The van der Waals surface area contributed by atoms with Crippen molar-refractivity contribution in [1.82, 2.24) is 4.90 Å². The van der Waals surface area contributed by atoms with Gasteiger partial charge in [0, 0.05) is 30.3 Å². The molecule has 1 amide bonds. The number of thiocarbonyl (C=S) groups is 1. The van der Waals surface area contributed by atoms with E-state index in [1.165, 1.54) is 18.2 Å². The molecule has 1 saturated heterocycles. The average molecular weight is 440 g/mol. The normalized spacial score (nSPS) is 16.2. The molecular weight excluding hydrogens is 428 g/mol. The molecule has 1 aliphatic heterocycles. The van der Waals surface area contributed by atoms with E-state index >= 15 is 0 Å². The summed E-state index contributed by atoms with van der Waals surface area (Å²) in [5.74, 6) is -0.267. The Bertz CT molecular complexity index is 1090. The first kappa shape index (κ1) is 20.2. The molecule has 2 heterocycles. The number of carbonyl (C=O) groups excluding carboxylic acids is 1. The lowest BCUT2D eigenvalue weighted by molar-refractivity contribution is -0.384. The largest absolute Gasteiger partial charge is 0.457 e. The van der Waals surface area contributed by atoms with Crippen LogP contribution in [0.1, 0.15) is 5.76 Å². The number of carbonyl (C=O) groups is 1. The van der Waals surface area contributed by atoms with Crippen LogP contribution in [0.25, 0.3) is 17.4 Å². The van der Waals surface area contributed by atoms with Crippen LogP contribution in [0.5, 0.6) is 0 Å². The van der Waals surface area contributed by atoms with Gasteiger partial charge in [0.05, 0.1) is 15.6 Å². The van der Waals surface area contributed by atoms with Crippen molar-refractivity contribution in [3.8, 4) is 11.3 Å². The van der Waals surface area contributed by atoms with Crippen LogP contribution in [0.4, 0.5) is 5.69 Å². The molecule has 9 nitrogen and oxygen atoms in total. The van der Waals surface area contributed by atoms with E-state index in [-0.39, 0.29) is 21.5 Å². The molecule has 1 aromatic carbocycles. The number of furan rings is 1. The molecule has 2 aromatic rings. The molecule has 3 rings (SSSR count). The molecule has 1 aromatic heterocycles. The number of amides is 1. The predicted octanol–water partition coefficient (Wildman–Crippen LogP) is 2.94. The van der Waals surface area contributed by atoms with Gasteiger partial charge in [0.25, 0.3) is 21.7 Å². The Morgan fingerprint density at radius 2 is 1.93 bits per heavy atom. The van der Waals surface area contributed by atoms with E-state index in [0.29, 0.717) is 17.1 Å². The minimum absolute atomic E-state index is 0.0379. The molecular formula is C16H12N2O7S3. The maximum absolute atomic E-state index is 12.4. The van der Waals surface area contributed by atoms with Gasteiger partial charge < -0.3 is 4.42 Å². The van der Waals surface area contributed by atoms with Crippen LogP contribution < -0.4 is 0 Å². The summed E-state index contributed by atoms with van der Waals surface area (Å²) in [6, 6.07) is 9.11. The summed E-state index contributed by atoms with van der Waals surface area (Å²) in [6.07, 6.45) is 1.47. The topological polar surface area (TPSA) is 131 Å². The first-order valence-corrected chi connectivity index (χ1v) is 10.5. The first-order chi connectivity index (χ1) is 13.1. The van der Waals surface area contributed by atoms with Gasteiger partial charge in [0.2, 0.25) is 0 Å². The van der Waals surface area contributed by atoms with Gasteiger partial charge in [-0.2, -0.15) is 8.42 Å². The van der Waals surface area contributed by atoms with Crippen LogP contribution in [-0.2, 0) is 14.9 Å². The summed E-state index contributed by atoms with van der Waals surface area (Å²) in [5, 5.41) is 10.7. The van der Waals surface area contributed by atoms with Gasteiger partial charge in [-0.15, -0.1) is 0 Å². The van der Waals surface area contributed by atoms with Crippen molar-refractivity contribution in [2.75, 3.05) is 12.3 Å². The third kappa shape index (κ3) is 4.65. The number of hydrogen-bond acceptors (Lipinski definition) is 8. The number of non-ortho nitro benzene ring substituents is 1. The first-order valence-electron chi connectivity index (χ1n) is 7.69. The van der Waals surface area contributed by atoms with Crippen molar-refractivity contribution < 1.29 is 27.1 Å². The van der Waals surface area contributed by atoms with E-state index in [1.807, 2.05) is 0 Å². The number of nitrogens with zero attached hydrogens (tertiary/aromatic N) is 2. The molecule has 12 heteroatoms. The number of hydrogen-bond donors (Lipinski definition) is 1. The third-order valence-electron chi connectivity index (χ3n) is 3.71. The van der Waals surface area contributed by atoms with Gasteiger partial charge in [-0.3, -0.25) is 24.4 Å². The second-order valence-electron chi connectivity index (χ2n) is 5.63. The summed E-state index contributed by atoms with van der Waals surface area (Å²) in [4.78, 5) is 23.9. The van der Waals surface area contributed by atoms with E-state index < -0.39 is 26.7 Å². The van der Waals surface area contributed by atoms with Gasteiger partial charge in [0.1, 0.15) is 15.8 Å². The molecule has 1 N–H and O–H groups in total. The molecule has 0 saturated carbocycles. The Hall–Kier alpha value is -2.54. The Balaban J connectivity index is 1.76. The van der Waals surface area contributed by atoms with Crippen molar-refractivity contribution in [3.05, 3.63) is 57.2 Å². The van der Waals surface area contributed by atoms with Crippen molar-refractivity contribution in [3.63, 3.8) is 0 Å². The number of benzene rings is 1. The molecule has 0 unspecified atom stereocenters. The maximum Gasteiger partial charge on any atom is 0.269 e. The van der Waals surface area contributed by atoms with Crippen molar-refractivity contribution in [2.45, 2.75) is 0 Å². The lowest BCUT2D eigenvalue weighted by atomic mass is 10.1. The fourth-order valence-corrected chi connectivity index (χ4v) is 4.06. The monoisotopic (exact) mass is 440 g/mol. The van der Waals surface area contributed by atoms with E-state index in [1.54, 1.807) is 24.3 Å². The predicted molar refractivity (Wildman–Crippen MR) is 107 cm³/mol. The van der Waals surface area contributed by atoms with Crippen LogP contribution in [0.15, 0.2) is 45.7 Å². The quantitative estimate of drug-likeness (QED) is 0.237. The van der Waals surface area contributed by atoms with Crippen molar-refractivity contribution in [2.24, 2.45) is 0 Å². The molecule has 1 aliphatic rings. The fraction of sp³-hybridized carbons (Fsp3) is 0.125. The number of nitro groups is 1. The van der Waals surface area contributed by atoms with E-state index in [0.717, 1.165) is 16.7 Å². The average Bonchev–Trinajstić information content (AvgIpc) is 3.18.